The van der Waals surface area contributed by atoms with Gasteiger partial charge in [-0.05, 0) is 68.1 Å². The fraction of sp³-hybridized carbons (Fsp3) is 0.727. The summed E-state index contributed by atoms with van der Waals surface area (Å²) in [6, 6.07) is 0. The van der Waals surface area contributed by atoms with E-state index in [1.165, 1.54) is 32.1 Å². The highest BCUT2D eigenvalue weighted by Gasteiger charge is 2.56. The van der Waals surface area contributed by atoms with Crippen molar-refractivity contribution in [2.75, 3.05) is 0 Å². The lowest BCUT2D eigenvalue weighted by molar-refractivity contribution is 0.0855. The number of allylic oxidation sites excluding steroid dienone is 6. The Morgan fingerprint density at radius 3 is 2.82 bits per heavy atom. The highest BCUT2D eigenvalue weighted by Crippen LogP contribution is 2.65. The fourth-order valence-electron chi connectivity index (χ4n) is 6.99. The van der Waals surface area contributed by atoms with Crippen LogP contribution in [0.3, 0.4) is 0 Å². The molecule has 0 aromatic heterocycles. The second-order valence-electron chi connectivity index (χ2n) is 8.92. The minimum Gasteiger partial charge on any atom is -0.0836 e. The van der Waals surface area contributed by atoms with Gasteiger partial charge in [0.25, 0.3) is 0 Å². The molecule has 120 valence electrons. The summed E-state index contributed by atoms with van der Waals surface area (Å²) in [5, 5.41) is 0. The van der Waals surface area contributed by atoms with E-state index in [0.29, 0.717) is 5.41 Å². The maximum Gasteiger partial charge on any atom is 0.0275 e. The van der Waals surface area contributed by atoms with Crippen LogP contribution in [0.5, 0.6) is 0 Å². The van der Waals surface area contributed by atoms with Gasteiger partial charge >= 0.3 is 0 Å². The molecular formula is C22H32. The monoisotopic (exact) mass is 296 g/mol. The molecule has 0 N–H and O–H groups in total. The average molecular weight is 296 g/mol. The summed E-state index contributed by atoms with van der Waals surface area (Å²) in [5.74, 6) is 3.63. The third-order valence-electron chi connectivity index (χ3n) is 8.04. The van der Waals surface area contributed by atoms with Crippen molar-refractivity contribution in [3.8, 4) is 0 Å². The summed E-state index contributed by atoms with van der Waals surface area (Å²) in [5.41, 5.74) is 4.32. The molecule has 22 heavy (non-hydrogen) atoms. The van der Waals surface area contributed by atoms with Crippen molar-refractivity contribution >= 4 is 0 Å². The van der Waals surface area contributed by atoms with Crippen LogP contribution in [0.2, 0.25) is 0 Å². The normalized spacial score (nSPS) is 49.8. The molecule has 0 saturated heterocycles. The van der Waals surface area contributed by atoms with Gasteiger partial charge in [0.2, 0.25) is 0 Å². The average Bonchev–Trinajstić information content (AvgIpc) is 2.76. The van der Waals surface area contributed by atoms with Gasteiger partial charge in [0.05, 0.1) is 0 Å². The molecule has 0 bridgehead atoms. The highest BCUT2D eigenvalue weighted by molar-refractivity contribution is 5.43. The first-order chi connectivity index (χ1) is 10.5. The zero-order chi connectivity index (χ0) is 15.5. The highest BCUT2D eigenvalue weighted by atomic mass is 14.6. The smallest absolute Gasteiger partial charge is 0.0275 e. The summed E-state index contributed by atoms with van der Waals surface area (Å²) >= 11 is 0. The number of hydrogen-bond acceptors (Lipinski definition) is 0. The lowest BCUT2D eigenvalue weighted by Crippen LogP contribution is -2.43. The molecule has 4 aliphatic carbocycles. The first-order valence-electron chi connectivity index (χ1n) is 9.58. The summed E-state index contributed by atoms with van der Waals surface area (Å²) in [4.78, 5) is 0. The van der Waals surface area contributed by atoms with Gasteiger partial charge < -0.3 is 0 Å². The SMILES string of the molecule is CC[C@@H]1[C@H](C)C[C@H]2[C@@H]3CCC4=CCC=C[C@]4(C)C3=CC[C@]12C. The van der Waals surface area contributed by atoms with Crippen molar-refractivity contribution in [1.82, 2.24) is 0 Å². The van der Waals surface area contributed by atoms with E-state index >= 15 is 0 Å². The quantitative estimate of drug-likeness (QED) is 0.497. The molecule has 4 rings (SSSR count). The first-order valence-corrected chi connectivity index (χ1v) is 9.58. The third-order valence-corrected chi connectivity index (χ3v) is 8.04. The van der Waals surface area contributed by atoms with Gasteiger partial charge in [0.15, 0.2) is 0 Å². The molecule has 0 amide bonds. The van der Waals surface area contributed by atoms with Crippen LogP contribution in [-0.4, -0.2) is 0 Å². The van der Waals surface area contributed by atoms with Gasteiger partial charge in [-0.15, -0.1) is 0 Å². The fourth-order valence-corrected chi connectivity index (χ4v) is 6.99. The van der Waals surface area contributed by atoms with Crippen molar-refractivity contribution in [2.24, 2.45) is 34.5 Å². The maximum atomic E-state index is 2.69. The largest absolute Gasteiger partial charge is 0.0836 e. The molecule has 0 spiro atoms. The van der Waals surface area contributed by atoms with Crippen molar-refractivity contribution in [3.05, 3.63) is 35.5 Å². The van der Waals surface area contributed by atoms with Crippen molar-refractivity contribution in [1.29, 1.82) is 0 Å². The van der Waals surface area contributed by atoms with E-state index in [2.05, 4.69) is 52.0 Å². The molecule has 0 aromatic rings. The van der Waals surface area contributed by atoms with Crippen LogP contribution < -0.4 is 0 Å². The predicted octanol–water partition coefficient (Wildman–Crippen LogP) is 6.31. The van der Waals surface area contributed by atoms with Crippen molar-refractivity contribution < 1.29 is 0 Å². The summed E-state index contributed by atoms with van der Waals surface area (Å²) < 4.78 is 0. The molecule has 0 heterocycles. The van der Waals surface area contributed by atoms with Gasteiger partial charge in [-0.25, -0.2) is 0 Å². The second kappa shape index (κ2) is 4.86. The van der Waals surface area contributed by atoms with Gasteiger partial charge in [-0.3, -0.25) is 0 Å². The molecule has 6 atom stereocenters. The Balaban J connectivity index is 1.76. The third kappa shape index (κ3) is 1.76. The van der Waals surface area contributed by atoms with Crippen LogP contribution in [0.1, 0.15) is 66.2 Å². The minimum atomic E-state index is 0.260. The predicted molar refractivity (Wildman–Crippen MR) is 94.5 cm³/mol. The molecule has 0 unspecified atom stereocenters. The zero-order valence-corrected chi connectivity index (χ0v) is 14.9. The van der Waals surface area contributed by atoms with Gasteiger partial charge in [0.1, 0.15) is 0 Å². The molecule has 2 fully saturated rings. The Morgan fingerprint density at radius 2 is 2.05 bits per heavy atom. The standard InChI is InChI=1S/C22H32/c1-5-18-15(2)14-20-17-10-9-16-8-6-7-12-21(16,3)19(17)11-13-22(18,20)4/h7-8,11-12,15,17-18,20H,5-6,9-10,13-14H2,1-4H3/t15-,17-,18-,20+,21+,22-/m1/s1. The Hall–Kier alpha value is -0.780. The Bertz CT molecular complexity index is 563. The number of fused-ring (bicyclic) bond motifs is 5. The Labute approximate surface area is 136 Å². The molecule has 0 aliphatic heterocycles. The molecule has 4 aliphatic rings. The first kappa shape index (κ1) is 14.8. The van der Waals surface area contributed by atoms with E-state index in [0.717, 1.165) is 30.1 Å². The maximum absolute atomic E-state index is 2.69. The van der Waals surface area contributed by atoms with Crippen LogP contribution in [-0.2, 0) is 0 Å². The van der Waals surface area contributed by atoms with E-state index in [-0.39, 0.29) is 5.41 Å². The lowest BCUT2D eigenvalue weighted by Gasteiger charge is -2.52. The lowest BCUT2D eigenvalue weighted by atomic mass is 9.52. The number of rotatable bonds is 1. The molecule has 0 radical (unpaired) electrons. The van der Waals surface area contributed by atoms with Crippen molar-refractivity contribution in [3.63, 3.8) is 0 Å². The minimum absolute atomic E-state index is 0.260. The van der Waals surface area contributed by atoms with Crippen LogP contribution in [0.15, 0.2) is 35.5 Å². The van der Waals surface area contributed by atoms with E-state index in [9.17, 15) is 0 Å². The van der Waals surface area contributed by atoms with Gasteiger partial charge in [-0.1, -0.05) is 62.6 Å². The summed E-state index contributed by atoms with van der Waals surface area (Å²) in [6.45, 7) is 10.0. The van der Waals surface area contributed by atoms with E-state index in [1.807, 2.05) is 0 Å². The molecule has 0 nitrogen and oxygen atoms in total. The van der Waals surface area contributed by atoms with Gasteiger partial charge in [0, 0.05) is 5.41 Å². The molecule has 0 heteroatoms. The zero-order valence-electron chi connectivity index (χ0n) is 14.9. The second-order valence-corrected chi connectivity index (χ2v) is 8.92. The Kier molecular flexibility index (Phi) is 3.26. The van der Waals surface area contributed by atoms with Crippen LogP contribution in [0.4, 0.5) is 0 Å². The van der Waals surface area contributed by atoms with Gasteiger partial charge in [-0.2, -0.15) is 0 Å². The number of hydrogen-bond donors (Lipinski definition) is 0. The van der Waals surface area contributed by atoms with Crippen LogP contribution in [0, 0.1) is 34.5 Å². The van der Waals surface area contributed by atoms with E-state index in [1.54, 1.807) is 11.1 Å². The molecular weight excluding hydrogens is 264 g/mol. The van der Waals surface area contributed by atoms with E-state index < -0.39 is 0 Å². The molecule has 0 aromatic carbocycles. The topological polar surface area (TPSA) is 0 Å². The molecule has 2 saturated carbocycles. The Morgan fingerprint density at radius 1 is 1.23 bits per heavy atom. The van der Waals surface area contributed by atoms with Crippen molar-refractivity contribution in [2.45, 2.75) is 66.2 Å². The van der Waals surface area contributed by atoms with Crippen LogP contribution in [0.25, 0.3) is 0 Å². The summed E-state index contributed by atoms with van der Waals surface area (Å²) in [6.07, 6.45) is 18.2. The summed E-state index contributed by atoms with van der Waals surface area (Å²) in [7, 11) is 0. The van der Waals surface area contributed by atoms with E-state index in [4.69, 9.17) is 0 Å². The van der Waals surface area contributed by atoms with Crippen LogP contribution >= 0.6 is 0 Å².